The Morgan fingerprint density at radius 1 is 1.34 bits per heavy atom. The molecule has 0 bridgehead atoms. The van der Waals surface area contributed by atoms with Crippen LogP contribution in [0.4, 0.5) is 5.82 Å². The number of rotatable bonds is 5. The molecule has 2 aromatic rings. The monoisotopic (exact) mass is 479 g/mol. The first-order valence-electron chi connectivity index (χ1n) is 9.50. The summed E-state index contributed by atoms with van der Waals surface area (Å²) in [5.74, 6) is 0.614. The minimum atomic E-state index is -0.110. The third kappa shape index (κ3) is 3.69. The molecule has 2 aliphatic heterocycles. The number of nitrogens with zero attached hydrogens (tertiary/aromatic N) is 5. The topological polar surface area (TPSA) is 61.7 Å². The molecule has 1 aromatic carbocycles. The van der Waals surface area contributed by atoms with E-state index >= 15 is 0 Å². The average Bonchev–Trinajstić information content (AvgIpc) is 2.59. The van der Waals surface area contributed by atoms with Crippen molar-refractivity contribution in [1.82, 2.24) is 19.4 Å². The molecule has 0 N–H and O–H groups in total. The fourth-order valence-electron chi connectivity index (χ4n) is 3.82. The molecule has 2 fully saturated rings. The number of hydrogen-bond acceptors (Lipinski definition) is 5. The van der Waals surface area contributed by atoms with Gasteiger partial charge in [-0.3, -0.25) is 9.59 Å². The van der Waals surface area contributed by atoms with Crippen molar-refractivity contribution in [2.45, 2.75) is 12.6 Å². The lowest BCUT2D eigenvalue weighted by Gasteiger charge is -2.43. The first-order valence-corrected chi connectivity index (χ1v) is 10.7. The molecule has 0 atom stereocenters. The molecule has 0 spiro atoms. The number of halogens is 2. The zero-order valence-corrected chi connectivity index (χ0v) is 18.8. The van der Waals surface area contributed by atoms with Gasteiger partial charge in [0.15, 0.2) is 5.82 Å². The number of amides is 1. The van der Waals surface area contributed by atoms with Crippen LogP contribution in [0.3, 0.4) is 0 Å². The number of aromatic nitrogens is 2. The van der Waals surface area contributed by atoms with Crippen LogP contribution in [-0.2, 0) is 11.3 Å². The van der Waals surface area contributed by atoms with Crippen molar-refractivity contribution in [3.63, 3.8) is 0 Å². The quantitative estimate of drug-likeness (QED) is 0.614. The van der Waals surface area contributed by atoms with Crippen LogP contribution >= 0.6 is 27.5 Å². The smallest absolute Gasteiger partial charge is 0.294 e. The highest BCUT2D eigenvalue weighted by Crippen LogP contribution is 2.29. The van der Waals surface area contributed by atoms with Gasteiger partial charge in [0.1, 0.15) is 0 Å². The molecule has 7 nitrogen and oxygen atoms in total. The maximum absolute atomic E-state index is 13.3. The number of benzene rings is 1. The van der Waals surface area contributed by atoms with Crippen LogP contribution in [0, 0.1) is 5.92 Å². The third-order valence-electron chi connectivity index (χ3n) is 5.75. The van der Waals surface area contributed by atoms with Crippen molar-refractivity contribution in [1.29, 1.82) is 0 Å². The molecule has 4 rings (SSSR count). The molecule has 0 saturated carbocycles. The van der Waals surface area contributed by atoms with Crippen molar-refractivity contribution < 1.29 is 4.79 Å². The molecule has 1 amide bonds. The zero-order valence-electron chi connectivity index (χ0n) is 16.4. The van der Waals surface area contributed by atoms with Gasteiger partial charge in [-0.15, -0.1) is 0 Å². The van der Waals surface area contributed by atoms with Gasteiger partial charge in [-0.1, -0.05) is 18.2 Å². The summed E-state index contributed by atoms with van der Waals surface area (Å²) < 4.78 is 2.51. The van der Waals surface area contributed by atoms with E-state index in [0.717, 1.165) is 23.1 Å². The molecular weight excluding hydrogens is 458 g/mol. The van der Waals surface area contributed by atoms with Crippen LogP contribution < -0.4 is 10.5 Å². The van der Waals surface area contributed by atoms with Crippen molar-refractivity contribution in [2.24, 2.45) is 5.92 Å². The number of hydrogen-bond donors (Lipinski definition) is 0. The summed E-state index contributed by atoms with van der Waals surface area (Å²) in [6, 6.07) is 4.06. The Morgan fingerprint density at radius 2 is 2.03 bits per heavy atom. The lowest BCUT2D eigenvalue weighted by Crippen LogP contribution is -2.59. The molecule has 2 aliphatic rings. The Hall–Kier alpha value is -1.90. The van der Waals surface area contributed by atoms with Gasteiger partial charge in [0.25, 0.3) is 5.56 Å². The van der Waals surface area contributed by atoms with E-state index in [1.807, 2.05) is 25.1 Å². The van der Waals surface area contributed by atoms with Gasteiger partial charge in [-0.2, -0.15) is 0 Å². The summed E-state index contributed by atoms with van der Waals surface area (Å²) in [7, 11) is 4.08. The summed E-state index contributed by atoms with van der Waals surface area (Å²) in [6.07, 6.45) is 1.32. The van der Waals surface area contributed by atoms with Crippen LogP contribution in [0.25, 0.3) is 11.0 Å². The number of likely N-dealkylation sites (N-methyl/N-ethyl adjacent to an activating group) is 1. The minimum absolute atomic E-state index is 0.0730. The van der Waals surface area contributed by atoms with Gasteiger partial charge >= 0.3 is 0 Å². The summed E-state index contributed by atoms with van der Waals surface area (Å²) in [5.41, 5.74) is 1.33. The lowest BCUT2D eigenvalue weighted by molar-refractivity contribution is -0.132. The van der Waals surface area contributed by atoms with E-state index < -0.39 is 0 Å². The number of fused-ring (bicyclic) bond motifs is 1. The predicted molar refractivity (Wildman–Crippen MR) is 119 cm³/mol. The zero-order chi connectivity index (χ0) is 20.9. The minimum Gasteiger partial charge on any atom is -0.349 e. The van der Waals surface area contributed by atoms with E-state index in [9.17, 15) is 9.59 Å². The highest BCUT2D eigenvalue weighted by Gasteiger charge is 2.34. The van der Waals surface area contributed by atoms with E-state index in [2.05, 4.69) is 32.4 Å². The number of carbonyl (C=O) groups excluding carboxylic acids is 1. The fourth-order valence-corrected chi connectivity index (χ4v) is 4.31. The van der Waals surface area contributed by atoms with Crippen LogP contribution in [0.15, 0.2) is 34.1 Å². The maximum Gasteiger partial charge on any atom is 0.294 e. The second-order valence-electron chi connectivity index (χ2n) is 7.94. The number of carbonyl (C=O) groups is 1. The molecule has 3 heterocycles. The Balaban J connectivity index is 1.68. The first-order chi connectivity index (χ1) is 13.8. The predicted octanol–water partition coefficient (Wildman–Crippen LogP) is 2.21. The third-order valence-corrected chi connectivity index (χ3v) is 6.94. The van der Waals surface area contributed by atoms with E-state index in [4.69, 9.17) is 11.6 Å². The van der Waals surface area contributed by atoms with Crippen molar-refractivity contribution in [3.8, 4) is 0 Å². The molecule has 0 unspecified atom stereocenters. The van der Waals surface area contributed by atoms with Gasteiger partial charge in [0, 0.05) is 49.2 Å². The normalized spacial score (nSPS) is 17.6. The maximum atomic E-state index is 13.3. The summed E-state index contributed by atoms with van der Waals surface area (Å²) in [6.45, 7) is 6.84. The number of likely N-dealkylation sites (tertiary alicyclic amines) is 1. The summed E-state index contributed by atoms with van der Waals surface area (Å²) in [4.78, 5) is 35.6. The lowest BCUT2D eigenvalue weighted by atomic mass is 9.99. The Labute approximate surface area is 182 Å². The fraction of sp³-hybridized carbons (Fsp3) is 0.450. The molecule has 1 aromatic heterocycles. The van der Waals surface area contributed by atoms with Crippen molar-refractivity contribution >= 4 is 50.3 Å². The van der Waals surface area contributed by atoms with E-state index in [1.165, 1.54) is 6.08 Å². The van der Waals surface area contributed by atoms with Crippen molar-refractivity contribution in [3.05, 3.63) is 44.6 Å². The van der Waals surface area contributed by atoms with Gasteiger partial charge < -0.3 is 19.3 Å². The first kappa shape index (κ1) is 20.4. The SMILES string of the molecule is C=CC(=O)N1CC(Cn2c(=O)c(N3CC(N(C)C)C3)nc3cc(Br)c(Cl)cc32)C1. The van der Waals surface area contributed by atoms with E-state index in [1.54, 1.807) is 15.5 Å². The Bertz CT molecular complexity index is 1040. The molecule has 9 heteroatoms. The van der Waals surface area contributed by atoms with Crippen LogP contribution in [0.1, 0.15) is 0 Å². The molecule has 2 saturated heterocycles. The van der Waals surface area contributed by atoms with Crippen molar-refractivity contribution in [2.75, 3.05) is 45.2 Å². The van der Waals surface area contributed by atoms with Gasteiger partial charge in [-0.25, -0.2) is 4.98 Å². The van der Waals surface area contributed by atoms with Gasteiger partial charge in [0.2, 0.25) is 5.91 Å². The molecule has 154 valence electrons. The van der Waals surface area contributed by atoms with Gasteiger partial charge in [-0.05, 0) is 48.2 Å². The van der Waals surface area contributed by atoms with Crippen LogP contribution in [0.2, 0.25) is 5.02 Å². The second kappa shape index (κ2) is 7.74. The highest BCUT2D eigenvalue weighted by molar-refractivity contribution is 9.10. The van der Waals surface area contributed by atoms with Crippen LogP contribution in [0.5, 0.6) is 0 Å². The number of anilines is 1. The largest absolute Gasteiger partial charge is 0.349 e. The second-order valence-corrected chi connectivity index (χ2v) is 9.20. The summed E-state index contributed by atoms with van der Waals surface area (Å²) in [5, 5.41) is 0.536. The van der Waals surface area contributed by atoms with Gasteiger partial charge in [0.05, 0.1) is 16.1 Å². The average molecular weight is 481 g/mol. The van der Waals surface area contributed by atoms with Crippen LogP contribution in [-0.4, -0.2) is 71.6 Å². The molecule has 29 heavy (non-hydrogen) atoms. The highest BCUT2D eigenvalue weighted by atomic mass is 79.9. The molecule has 0 radical (unpaired) electrons. The Morgan fingerprint density at radius 3 is 2.66 bits per heavy atom. The Kier molecular flexibility index (Phi) is 5.44. The standard InChI is InChI=1S/C20H23BrClN5O2/c1-4-18(28)25-7-12(8-25)9-27-17-6-15(22)14(21)5-16(17)23-19(20(27)29)26-10-13(11-26)24(2)3/h4-6,12-13H,1,7-11H2,2-3H3. The molecular formula is C20H23BrClN5O2. The summed E-state index contributed by atoms with van der Waals surface area (Å²) >= 11 is 9.76. The van der Waals surface area contributed by atoms with E-state index in [-0.39, 0.29) is 17.4 Å². The molecule has 0 aliphatic carbocycles. The van der Waals surface area contributed by atoms with E-state index in [0.29, 0.717) is 42.0 Å².